The number of carbonyl (C=O) groups excluding carboxylic acids is 1. The zero-order valence-electron chi connectivity index (χ0n) is 15.5. The fourth-order valence-corrected chi connectivity index (χ4v) is 3.81. The molecule has 1 unspecified atom stereocenters. The zero-order chi connectivity index (χ0) is 20.9. The van der Waals surface area contributed by atoms with Crippen LogP contribution in [0.25, 0.3) is 17.1 Å². The Morgan fingerprint density at radius 2 is 1.97 bits per heavy atom. The molecule has 0 aliphatic carbocycles. The number of hydrogen-bond acceptors (Lipinski definition) is 5. The smallest absolute Gasteiger partial charge is 0.433 e. The van der Waals surface area contributed by atoms with Crippen molar-refractivity contribution in [1.29, 1.82) is 0 Å². The van der Waals surface area contributed by atoms with E-state index in [1.165, 1.54) is 18.6 Å². The molecule has 1 aliphatic rings. The summed E-state index contributed by atoms with van der Waals surface area (Å²) in [7, 11) is 0. The Labute approximate surface area is 167 Å². The molecule has 0 aromatic carbocycles. The van der Waals surface area contributed by atoms with Gasteiger partial charge in [0, 0.05) is 6.54 Å². The van der Waals surface area contributed by atoms with Crippen LogP contribution in [0.2, 0.25) is 0 Å². The first-order chi connectivity index (χ1) is 14.4. The standard InChI is InChI=1S/C20H15F3N4O3/c21-20(22,23)17-10-13(15-5-2-8-29-15)25-18-12(11-24-27(17)18)19(28)26-7-1-4-14(26)16-6-3-9-30-16/h2-3,5-6,8-11,14H,1,4,7H2. The number of nitrogens with zero attached hydrogens (tertiary/aromatic N) is 4. The molecule has 1 fully saturated rings. The third-order valence-electron chi connectivity index (χ3n) is 5.15. The first-order valence-corrected chi connectivity index (χ1v) is 9.28. The van der Waals surface area contributed by atoms with E-state index in [2.05, 4.69) is 10.1 Å². The van der Waals surface area contributed by atoms with E-state index in [-0.39, 0.29) is 28.7 Å². The van der Waals surface area contributed by atoms with Gasteiger partial charge in [0.05, 0.1) is 24.8 Å². The van der Waals surface area contributed by atoms with Gasteiger partial charge in [-0.1, -0.05) is 0 Å². The van der Waals surface area contributed by atoms with Crippen molar-refractivity contribution in [2.45, 2.75) is 25.1 Å². The minimum absolute atomic E-state index is 0.00707. The fraction of sp³-hybridized carbons (Fsp3) is 0.250. The summed E-state index contributed by atoms with van der Waals surface area (Å²) in [6, 6.07) is 7.14. The molecule has 1 atom stereocenters. The Bertz CT molecular complexity index is 1200. The third-order valence-corrected chi connectivity index (χ3v) is 5.15. The largest absolute Gasteiger partial charge is 0.467 e. The second kappa shape index (κ2) is 6.75. The molecule has 0 N–H and O–H groups in total. The topological polar surface area (TPSA) is 76.8 Å². The van der Waals surface area contributed by atoms with Gasteiger partial charge in [-0.05, 0) is 43.2 Å². The molecule has 7 nitrogen and oxygen atoms in total. The van der Waals surface area contributed by atoms with Crippen molar-refractivity contribution in [2.24, 2.45) is 0 Å². The lowest BCUT2D eigenvalue weighted by atomic mass is 10.1. The lowest BCUT2D eigenvalue weighted by Crippen LogP contribution is -2.30. The van der Waals surface area contributed by atoms with Gasteiger partial charge in [-0.3, -0.25) is 4.79 Å². The minimum atomic E-state index is -4.70. The molecule has 10 heteroatoms. The summed E-state index contributed by atoms with van der Waals surface area (Å²) in [6.07, 6.45) is 0.767. The van der Waals surface area contributed by atoms with Gasteiger partial charge in [0.1, 0.15) is 17.0 Å². The first-order valence-electron chi connectivity index (χ1n) is 9.28. The molecular formula is C20H15F3N4O3. The van der Waals surface area contributed by atoms with Crippen LogP contribution in [0.15, 0.2) is 57.9 Å². The summed E-state index contributed by atoms with van der Waals surface area (Å²) in [4.78, 5) is 19.1. The average molecular weight is 416 g/mol. The first kappa shape index (κ1) is 18.5. The number of alkyl halides is 3. The molecule has 4 aromatic rings. The average Bonchev–Trinajstić information content (AvgIpc) is 3.52. The second-order valence-electron chi connectivity index (χ2n) is 6.97. The van der Waals surface area contributed by atoms with Crippen molar-refractivity contribution in [3.05, 3.63) is 66.1 Å². The molecule has 1 saturated heterocycles. The Morgan fingerprint density at radius 3 is 2.67 bits per heavy atom. The molecular weight excluding hydrogens is 401 g/mol. The maximum Gasteiger partial charge on any atom is 0.433 e. The highest BCUT2D eigenvalue weighted by Crippen LogP contribution is 2.36. The lowest BCUT2D eigenvalue weighted by Gasteiger charge is -2.22. The second-order valence-corrected chi connectivity index (χ2v) is 6.97. The minimum Gasteiger partial charge on any atom is -0.467 e. The highest BCUT2D eigenvalue weighted by Gasteiger charge is 2.38. The van der Waals surface area contributed by atoms with Gasteiger partial charge in [0.25, 0.3) is 5.91 Å². The van der Waals surface area contributed by atoms with E-state index < -0.39 is 17.8 Å². The summed E-state index contributed by atoms with van der Waals surface area (Å²) < 4.78 is 52.3. The Hall–Kier alpha value is -3.56. The van der Waals surface area contributed by atoms with Crippen molar-refractivity contribution in [3.8, 4) is 11.5 Å². The van der Waals surface area contributed by atoms with Crippen molar-refractivity contribution in [1.82, 2.24) is 19.5 Å². The van der Waals surface area contributed by atoms with Crippen LogP contribution in [0.3, 0.4) is 0 Å². The molecule has 5 rings (SSSR count). The van der Waals surface area contributed by atoms with Crippen LogP contribution in [0.4, 0.5) is 13.2 Å². The van der Waals surface area contributed by atoms with Crippen LogP contribution in [-0.2, 0) is 6.18 Å². The van der Waals surface area contributed by atoms with Crippen LogP contribution in [-0.4, -0.2) is 31.9 Å². The molecule has 1 aliphatic heterocycles. The van der Waals surface area contributed by atoms with E-state index >= 15 is 0 Å². The quantitative estimate of drug-likeness (QED) is 0.489. The van der Waals surface area contributed by atoms with Crippen LogP contribution < -0.4 is 0 Å². The summed E-state index contributed by atoms with van der Waals surface area (Å²) in [6.45, 7) is 0.464. The summed E-state index contributed by atoms with van der Waals surface area (Å²) >= 11 is 0. The molecule has 0 radical (unpaired) electrons. The van der Waals surface area contributed by atoms with E-state index in [1.54, 1.807) is 23.1 Å². The highest BCUT2D eigenvalue weighted by molar-refractivity contribution is 6.00. The van der Waals surface area contributed by atoms with Gasteiger partial charge in [-0.2, -0.15) is 18.3 Å². The van der Waals surface area contributed by atoms with Crippen LogP contribution >= 0.6 is 0 Å². The molecule has 0 bridgehead atoms. The predicted octanol–water partition coefficient (Wildman–Crippen LogP) is 4.58. The van der Waals surface area contributed by atoms with E-state index in [9.17, 15) is 18.0 Å². The van der Waals surface area contributed by atoms with Crippen molar-refractivity contribution in [3.63, 3.8) is 0 Å². The lowest BCUT2D eigenvalue weighted by molar-refractivity contribution is -0.142. The molecule has 154 valence electrons. The van der Waals surface area contributed by atoms with Crippen molar-refractivity contribution >= 4 is 11.6 Å². The molecule has 0 saturated carbocycles. The van der Waals surface area contributed by atoms with Gasteiger partial charge in [-0.25, -0.2) is 9.50 Å². The number of carbonyl (C=O) groups is 1. The maximum atomic E-state index is 13.7. The monoisotopic (exact) mass is 416 g/mol. The Kier molecular flexibility index (Phi) is 4.16. The van der Waals surface area contributed by atoms with E-state index in [4.69, 9.17) is 8.83 Å². The number of amides is 1. The fourth-order valence-electron chi connectivity index (χ4n) is 3.81. The van der Waals surface area contributed by atoms with Gasteiger partial charge in [0.15, 0.2) is 17.1 Å². The number of halogens is 3. The molecule has 0 spiro atoms. The van der Waals surface area contributed by atoms with Crippen molar-refractivity contribution in [2.75, 3.05) is 6.54 Å². The van der Waals surface area contributed by atoms with Gasteiger partial charge in [0.2, 0.25) is 0 Å². The van der Waals surface area contributed by atoms with Gasteiger partial charge < -0.3 is 13.7 Å². The van der Waals surface area contributed by atoms with Gasteiger partial charge in [-0.15, -0.1) is 0 Å². The predicted molar refractivity (Wildman–Crippen MR) is 97.4 cm³/mol. The normalized spacial score (nSPS) is 17.2. The van der Waals surface area contributed by atoms with Crippen LogP contribution in [0, 0.1) is 0 Å². The highest BCUT2D eigenvalue weighted by atomic mass is 19.4. The zero-order valence-corrected chi connectivity index (χ0v) is 15.5. The number of aromatic nitrogens is 3. The van der Waals surface area contributed by atoms with Crippen molar-refractivity contribution < 1.29 is 26.8 Å². The number of fused-ring (bicyclic) bond motifs is 1. The number of furan rings is 2. The summed E-state index contributed by atoms with van der Waals surface area (Å²) in [5, 5.41) is 3.82. The number of likely N-dealkylation sites (tertiary alicyclic amines) is 1. The Morgan fingerprint density at radius 1 is 1.17 bits per heavy atom. The molecule has 5 heterocycles. The van der Waals surface area contributed by atoms with E-state index in [1.807, 2.05) is 0 Å². The molecule has 4 aromatic heterocycles. The summed E-state index contributed by atoms with van der Waals surface area (Å²) in [5.74, 6) is 0.357. The molecule has 30 heavy (non-hydrogen) atoms. The van der Waals surface area contributed by atoms with Gasteiger partial charge >= 0.3 is 6.18 Å². The van der Waals surface area contributed by atoms with Crippen LogP contribution in [0.5, 0.6) is 0 Å². The Balaban J connectivity index is 1.63. The van der Waals surface area contributed by atoms with E-state index in [0.29, 0.717) is 23.2 Å². The summed E-state index contributed by atoms with van der Waals surface area (Å²) in [5.41, 5.74) is -1.25. The van der Waals surface area contributed by atoms with Crippen LogP contribution in [0.1, 0.15) is 40.7 Å². The third kappa shape index (κ3) is 2.95. The number of hydrogen-bond donors (Lipinski definition) is 0. The number of rotatable bonds is 3. The SMILES string of the molecule is O=C(c1cnn2c(C(F)(F)F)cc(-c3ccco3)nc12)N1CCCC1c1ccco1. The van der Waals surface area contributed by atoms with E-state index in [0.717, 1.165) is 18.7 Å². The molecule has 1 amide bonds. The maximum absolute atomic E-state index is 13.7.